The Labute approximate surface area is 137 Å². The van der Waals surface area contributed by atoms with Gasteiger partial charge in [0.05, 0.1) is 19.2 Å². The van der Waals surface area contributed by atoms with Crippen molar-refractivity contribution in [2.24, 2.45) is 17.4 Å². The van der Waals surface area contributed by atoms with Gasteiger partial charge in [0, 0.05) is 7.05 Å². The molecule has 6 nitrogen and oxygen atoms in total. The Balaban J connectivity index is 2.65. The zero-order chi connectivity index (χ0) is 17.6. The van der Waals surface area contributed by atoms with Gasteiger partial charge < -0.3 is 16.2 Å². The maximum absolute atomic E-state index is 12.3. The number of methoxy groups -OCH3 is 1. The van der Waals surface area contributed by atoms with Gasteiger partial charge in [-0.1, -0.05) is 26.0 Å². The topological polar surface area (TPSA) is 98.6 Å². The van der Waals surface area contributed by atoms with E-state index in [4.69, 9.17) is 16.2 Å². The summed E-state index contributed by atoms with van der Waals surface area (Å²) in [6.45, 7) is 3.95. The molecule has 1 aromatic rings. The summed E-state index contributed by atoms with van der Waals surface area (Å²) in [7, 11) is 3.02. The highest BCUT2D eigenvalue weighted by atomic mass is 16.5. The van der Waals surface area contributed by atoms with Crippen LogP contribution in [0, 0.1) is 5.92 Å². The van der Waals surface area contributed by atoms with E-state index in [1.165, 1.54) is 7.05 Å². The van der Waals surface area contributed by atoms with E-state index in [-0.39, 0.29) is 5.92 Å². The van der Waals surface area contributed by atoms with Gasteiger partial charge >= 0.3 is 0 Å². The van der Waals surface area contributed by atoms with Crippen molar-refractivity contribution in [1.29, 1.82) is 0 Å². The van der Waals surface area contributed by atoms with Crippen molar-refractivity contribution in [3.8, 4) is 5.75 Å². The first-order valence-corrected chi connectivity index (χ1v) is 7.71. The summed E-state index contributed by atoms with van der Waals surface area (Å²) in [5.41, 5.74) is 12.7. The zero-order valence-corrected chi connectivity index (χ0v) is 14.3. The van der Waals surface area contributed by atoms with Crippen LogP contribution < -0.4 is 16.2 Å². The van der Waals surface area contributed by atoms with Gasteiger partial charge in [0.1, 0.15) is 5.75 Å². The van der Waals surface area contributed by atoms with Crippen molar-refractivity contribution in [3.63, 3.8) is 0 Å². The number of hydrogen-bond donors (Lipinski definition) is 2. The molecule has 0 saturated carbocycles. The number of amides is 2. The molecule has 0 aromatic heterocycles. The third kappa shape index (κ3) is 5.65. The molecule has 6 heteroatoms. The molecular weight excluding hydrogens is 294 g/mol. The SMILES string of the molecule is COc1ccc(C[C@H](N)C(=O)N(C)C(=O)[C@@H](N)CC(C)C)cc1. The van der Waals surface area contributed by atoms with Crippen molar-refractivity contribution >= 4 is 11.8 Å². The van der Waals surface area contributed by atoms with E-state index in [2.05, 4.69) is 0 Å². The van der Waals surface area contributed by atoms with E-state index < -0.39 is 23.9 Å². The van der Waals surface area contributed by atoms with Gasteiger partial charge in [-0.05, 0) is 36.5 Å². The van der Waals surface area contributed by atoms with Crippen molar-refractivity contribution in [3.05, 3.63) is 29.8 Å². The highest BCUT2D eigenvalue weighted by molar-refractivity contribution is 5.99. The predicted octanol–water partition coefficient (Wildman–Crippen LogP) is 0.923. The molecule has 0 radical (unpaired) electrons. The zero-order valence-electron chi connectivity index (χ0n) is 14.3. The van der Waals surface area contributed by atoms with Crippen LogP contribution in [-0.2, 0) is 16.0 Å². The molecule has 0 aliphatic rings. The molecule has 2 amide bonds. The lowest BCUT2D eigenvalue weighted by atomic mass is 10.0. The van der Waals surface area contributed by atoms with Crippen LogP contribution in [0.2, 0.25) is 0 Å². The highest BCUT2D eigenvalue weighted by Crippen LogP contribution is 2.13. The molecule has 0 saturated heterocycles. The Bertz CT molecular complexity index is 528. The normalized spacial score (nSPS) is 13.5. The molecule has 1 rings (SSSR count). The molecular formula is C17H27N3O3. The van der Waals surface area contributed by atoms with Crippen molar-refractivity contribution in [2.75, 3.05) is 14.2 Å². The molecule has 0 fully saturated rings. The van der Waals surface area contributed by atoms with E-state index in [1.807, 2.05) is 26.0 Å². The molecule has 2 atom stereocenters. The number of imide groups is 1. The molecule has 0 unspecified atom stereocenters. The van der Waals surface area contributed by atoms with Crippen LogP contribution in [0.3, 0.4) is 0 Å². The molecule has 0 aliphatic carbocycles. The van der Waals surface area contributed by atoms with Crippen LogP contribution in [0.5, 0.6) is 5.75 Å². The first kappa shape index (κ1) is 19.1. The minimum atomic E-state index is -0.788. The molecule has 1 aromatic carbocycles. The van der Waals surface area contributed by atoms with Gasteiger partial charge in [-0.15, -0.1) is 0 Å². The van der Waals surface area contributed by atoms with Crippen molar-refractivity contribution in [2.45, 2.75) is 38.8 Å². The average molecular weight is 321 g/mol. The van der Waals surface area contributed by atoms with Gasteiger partial charge in [0.2, 0.25) is 11.8 Å². The summed E-state index contributed by atoms with van der Waals surface area (Å²) in [6.07, 6.45) is 0.879. The van der Waals surface area contributed by atoms with Crippen LogP contribution in [0.15, 0.2) is 24.3 Å². The lowest BCUT2D eigenvalue weighted by molar-refractivity contribution is -0.145. The summed E-state index contributed by atoms with van der Waals surface area (Å²) < 4.78 is 5.08. The highest BCUT2D eigenvalue weighted by Gasteiger charge is 2.27. The summed E-state index contributed by atoms with van der Waals surface area (Å²) >= 11 is 0. The summed E-state index contributed by atoms with van der Waals surface area (Å²) in [6, 6.07) is 5.83. The maximum Gasteiger partial charge on any atom is 0.246 e. The van der Waals surface area contributed by atoms with Crippen LogP contribution in [-0.4, -0.2) is 43.0 Å². The minimum absolute atomic E-state index is 0.283. The van der Waals surface area contributed by atoms with Gasteiger partial charge in [-0.2, -0.15) is 0 Å². The lowest BCUT2D eigenvalue weighted by Gasteiger charge is -2.23. The second-order valence-corrected chi connectivity index (χ2v) is 6.13. The number of ether oxygens (including phenoxy) is 1. The number of benzene rings is 1. The second kappa shape index (κ2) is 8.64. The van der Waals surface area contributed by atoms with E-state index >= 15 is 0 Å². The standard InChI is InChI=1S/C17H27N3O3/c1-11(2)9-14(18)16(21)20(3)17(22)15(19)10-12-5-7-13(23-4)8-6-12/h5-8,11,14-15H,9-10,18-19H2,1-4H3/t14-,15-/m0/s1. The fraction of sp³-hybridized carbons (Fsp3) is 0.529. The smallest absolute Gasteiger partial charge is 0.246 e. The Hall–Kier alpha value is -1.92. The second-order valence-electron chi connectivity index (χ2n) is 6.13. The predicted molar refractivity (Wildman–Crippen MR) is 89.9 cm³/mol. The fourth-order valence-corrected chi connectivity index (χ4v) is 2.32. The van der Waals surface area contributed by atoms with E-state index in [1.54, 1.807) is 19.2 Å². The molecule has 0 aliphatic heterocycles. The number of nitrogens with zero attached hydrogens (tertiary/aromatic N) is 1. The summed E-state index contributed by atoms with van der Waals surface area (Å²) in [5, 5.41) is 0. The first-order chi connectivity index (χ1) is 10.8. The van der Waals surface area contributed by atoms with Crippen LogP contribution >= 0.6 is 0 Å². The number of carbonyl (C=O) groups is 2. The van der Waals surface area contributed by atoms with Crippen molar-refractivity contribution < 1.29 is 14.3 Å². The average Bonchev–Trinajstić information content (AvgIpc) is 2.52. The number of nitrogens with two attached hydrogens (primary N) is 2. The molecule has 0 bridgehead atoms. The third-order valence-corrected chi connectivity index (χ3v) is 3.64. The quantitative estimate of drug-likeness (QED) is 0.778. The first-order valence-electron chi connectivity index (χ1n) is 7.71. The molecule has 0 heterocycles. The molecule has 128 valence electrons. The minimum Gasteiger partial charge on any atom is -0.497 e. The number of rotatable bonds is 7. The summed E-state index contributed by atoms with van der Waals surface area (Å²) in [4.78, 5) is 25.5. The maximum atomic E-state index is 12.3. The number of hydrogen-bond acceptors (Lipinski definition) is 5. The number of likely N-dealkylation sites (N-methyl/N-ethyl adjacent to an activating group) is 1. The van der Waals surface area contributed by atoms with Gasteiger partial charge in [-0.25, -0.2) is 0 Å². The van der Waals surface area contributed by atoms with Crippen LogP contribution in [0.25, 0.3) is 0 Å². The monoisotopic (exact) mass is 321 g/mol. The van der Waals surface area contributed by atoms with Crippen molar-refractivity contribution in [1.82, 2.24) is 4.90 Å². The van der Waals surface area contributed by atoms with Gasteiger partial charge in [0.25, 0.3) is 0 Å². The number of carbonyl (C=O) groups excluding carboxylic acids is 2. The van der Waals surface area contributed by atoms with Gasteiger partial charge in [-0.3, -0.25) is 14.5 Å². The van der Waals surface area contributed by atoms with E-state index in [0.29, 0.717) is 12.8 Å². The van der Waals surface area contributed by atoms with E-state index in [9.17, 15) is 9.59 Å². The fourth-order valence-electron chi connectivity index (χ4n) is 2.32. The molecule has 23 heavy (non-hydrogen) atoms. The largest absolute Gasteiger partial charge is 0.497 e. The van der Waals surface area contributed by atoms with E-state index in [0.717, 1.165) is 16.2 Å². The third-order valence-electron chi connectivity index (χ3n) is 3.64. The van der Waals surface area contributed by atoms with Crippen LogP contribution in [0.1, 0.15) is 25.8 Å². The lowest BCUT2D eigenvalue weighted by Crippen LogP contribution is -2.51. The Morgan fingerprint density at radius 3 is 2.09 bits per heavy atom. The molecule has 4 N–H and O–H groups in total. The Morgan fingerprint density at radius 2 is 1.61 bits per heavy atom. The summed E-state index contributed by atoms with van der Waals surface area (Å²) in [5.74, 6) is 0.199. The molecule has 0 spiro atoms. The Morgan fingerprint density at radius 1 is 1.09 bits per heavy atom. The van der Waals surface area contributed by atoms with Gasteiger partial charge in [0.15, 0.2) is 0 Å². The Kier molecular flexibility index (Phi) is 7.19. The van der Waals surface area contributed by atoms with Crippen LogP contribution in [0.4, 0.5) is 0 Å².